The SMILES string of the molecule is COc1ccc2c(c1O)[C@]1(CCN(C)C)CC(=O)CC[C@@H]1C=C2. The fraction of sp³-hybridized carbons (Fsp3) is 0.526. The van der Waals surface area contributed by atoms with Crippen LogP contribution in [0.4, 0.5) is 0 Å². The molecule has 2 atom stereocenters. The molecular weight excluding hydrogens is 290 g/mol. The van der Waals surface area contributed by atoms with E-state index in [1.165, 1.54) is 0 Å². The van der Waals surface area contributed by atoms with Gasteiger partial charge in [0.1, 0.15) is 5.78 Å². The van der Waals surface area contributed by atoms with E-state index in [9.17, 15) is 9.90 Å². The number of hydrogen-bond acceptors (Lipinski definition) is 4. The molecule has 0 aromatic heterocycles. The number of Topliss-reactive ketones (excluding diaryl/α,β-unsaturated/α-hetero) is 1. The van der Waals surface area contributed by atoms with Crippen molar-refractivity contribution < 1.29 is 14.6 Å². The molecule has 2 aliphatic carbocycles. The highest BCUT2D eigenvalue weighted by Gasteiger charge is 2.48. The molecule has 1 saturated carbocycles. The van der Waals surface area contributed by atoms with Crippen LogP contribution in [-0.4, -0.2) is 43.5 Å². The van der Waals surface area contributed by atoms with Gasteiger partial charge in [0.25, 0.3) is 0 Å². The van der Waals surface area contributed by atoms with Crippen LogP contribution in [0.2, 0.25) is 0 Å². The molecule has 2 aliphatic rings. The summed E-state index contributed by atoms with van der Waals surface area (Å²) in [5.74, 6) is 1.28. The van der Waals surface area contributed by atoms with Crippen LogP contribution in [-0.2, 0) is 10.2 Å². The number of aromatic hydroxyl groups is 1. The van der Waals surface area contributed by atoms with Crippen molar-refractivity contribution in [2.45, 2.75) is 31.1 Å². The number of carbonyl (C=O) groups excluding carboxylic acids is 1. The van der Waals surface area contributed by atoms with Gasteiger partial charge in [-0.05, 0) is 51.0 Å². The van der Waals surface area contributed by atoms with E-state index in [1.54, 1.807) is 13.2 Å². The maximum Gasteiger partial charge on any atom is 0.162 e. The third-order valence-electron chi connectivity index (χ3n) is 5.36. The van der Waals surface area contributed by atoms with Crippen LogP contribution in [0.25, 0.3) is 6.08 Å². The van der Waals surface area contributed by atoms with Gasteiger partial charge >= 0.3 is 0 Å². The van der Waals surface area contributed by atoms with Crippen LogP contribution >= 0.6 is 0 Å². The molecule has 1 N–H and O–H groups in total. The molecule has 0 saturated heterocycles. The number of hydrogen-bond donors (Lipinski definition) is 1. The molecule has 0 aliphatic heterocycles. The van der Waals surface area contributed by atoms with Gasteiger partial charge in [0.05, 0.1) is 7.11 Å². The second-order valence-corrected chi connectivity index (χ2v) is 7.01. The minimum atomic E-state index is -0.317. The van der Waals surface area contributed by atoms with Gasteiger partial charge < -0.3 is 14.7 Å². The highest BCUT2D eigenvalue weighted by molar-refractivity contribution is 5.83. The largest absolute Gasteiger partial charge is 0.504 e. The predicted octanol–water partition coefficient (Wildman–Crippen LogP) is 2.99. The highest BCUT2D eigenvalue weighted by atomic mass is 16.5. The van der Waals surface area contributed by atoms with Gasteiger partial charge in [-0.1, -0.05) is 18.2 Å². The first-order valence-electron chi connectivity index (χ1n) is 8.23. The van der Waals surface area contributed by atoms with E-state index in [-0.39, 0.29) is 11.2 Å². The molecule has 4 heteroatoms. The molecule has 4 nitrogen and oxygen atoms in total. The van der Waals surface area contributed by atoms with E-state index >= 15 is 0 Å². The number of benzene rings is 1. The number of carbonyl (C=O) groups is 1. The van der Waals surface area contributed by atoms with Gasteiger partial charge in [-0.2, -0.15) is 0 Å². The van der Waals surface area contributed by atoms with Crippen molar-refractivity contribution in [1.82, 2.24) is 4.90 Å². The fourth-order valence-corrected chi connectivity index (χ4v) is 4.17. The molecule has 1 fully saturated rings. The molecule has 124 valence electrons. The van der Waals surface area contributed by atoms with Gasteiger partial charge in [0, 0.05) is 23.8 Å². The van der Waals surface area contributed by atoms with Gasteiger partial charge in [0.2, 0.25) is 0 Å². The number of fused-ring (bicyclic) bond motifs is 3. The van der Waals surface area contributed by atoms with Crippen LogP contribution in [0.1, 0.15) is 36.8 Å². The Morgan fingerprint density at radius 1 is 1.39 bits per heavy atom. The maximum absolute atomic E-state index is 12.3. The molecule has 1 aromatic rings. The second-order valence-electron chi connectivity index (χ2n) is 7.01. The molecule has 0 spiro atoms. The Morgan fingerprint density at radius 3 is 2.87 bits per heavy atom. The van der Waals surface area contributed by atoms with E-state index in [1.807, 2.05) is 20.2 Å². The van der Waals surface area contributed by atoms with Crippen molar-refractivity contribution in [1.29, 1.82) is 0 Å². The molecular formula is C19H25NO3. The predicted molar refractivity (Wildman–Crippen MR) is 90.9 cm³/mol. The van der Waals surface area contributed by atoms with Crippen molar-refractivity contribution >= 4 is 11.9 Å². The summed E-state index contributed by atoms with van der Waals surface area (Å²) in [5, 5.41) is 10.8. The zero-order valence-corrected chi connectivity index (χ0v) is 14.1. The fourth-order valence-electron chi connectivity index (χ4n) is 4.17. The average molecular weight is 315 g/mol. The minimum Gasteiger partial charge on any atom is -0.504 e. The quantitative estimate of drug-likeness (QED) is 0.928. The lowest BCUT2D eigenvalue weighted by molar-refractivity contribution is -0.123. The Morgan fingerprint density at radius 2 is 2.17 bits per heavy atom. The Balaban J connectivity index is 2.16. The van der Waals surface area contributed by atoms with Gasteiger partial charge in [-0.15, -0.1) is 0 Å². The van der Waals surface area contributed by atoms with E-state index < -0.39 is 0 Å². The number of ether oxygens (including phenoxy) is 1. The number of phenolic OH excluding ortho intramolecular Hbond substituents is 1. The molecule has 0 radical (unpaired) electrons. The lowest BCUT2D eigenvalue weighted by atomic mass is 9.57. The van der Waals surface area contributed by atoms with Gasteiger partial charge in [-0.3, -0.25) is 4.79 Å². The first-order valence-corrected chi connectivity index (χ1v) is 8.23. The molecule has 1 aromatic carbocycles. The number of methoxy groups -OCH3 is 1. The summed E-state index contributed by atoms with van der Waals surface area (Å²) in [6.07, 6.45) is 7.18. The number of nitrogens with zero attached hydrogens (tertiary/aromatic N) is 1. The number of ketones is 1. The summed E-state index contributed by atoms with van der Waals surface area (Å²) < 4.78 is 5.32. The Bertz CT molecular complexity index is 650. The summed E-state index contributed by atoms with van der Waals surface area (Å²) in [5.41, 5.74) is 1.59. The number of phenols is 1. The second kappa shape index (κ2) is 6.00. The van der Waals surface area contributed by atoms with Gasteiger partial charge in [-0.25, -0.2) is 0 Å². The van der Waals surface area contributed by atoms with Crippen molar-refractivity contribution in [2.24, 2.45) is 5.92 Å². The molecule has 0 amide bonds. The smallest absolute Gasteiger partial charge is 0.162 e. The Kier molecular flexibility index (Phi) is 4.19. The van der Waals surface area contributed by atoms with Crippen molar-refractivity contribution in [2.75, 3.05) is 27.7 Å². The van der Waals surface area contributed by atoms with Crippen LogP contribution in [0, 0.1) is 5.92 Å². The van der Waals surface area contributed by atoms with E-state index in [0.29, 0.717) is 30.3 Å². The normalized spacial score (nSPS) is 26.1. The summed E-state index contributed by atoms with van der Waals surface area (Å²) >= 11 is 0. The van der Waals surface area contributed by atoms with E-state index in [4.69, 9.17) is 4.74 Å². The molecule has 23 heavy (non-hydrogen) atoms. The third-order valence-corrected chi connectivity index (χ3v) is 5.36. The van der Waals surface area contributed by atoms with Crippen molar-refractivity contribution in [3.63, 3.8) is 0 Å². The first kappa shape index (κ1) is 16.1. The van der Waals surface area contributed by atoms with Gasteiger partial charge in [0.15, 0.2) is 11.5 Å². The first-order chi connectivity index (χ1) is 11.0. The summed E-state index contributed by atoms with van der Waals surface area (Å²) in [6.45, 7) is 0.883. The zero-order chi connectivity index (χ0) is 16.6. The third kappa shape index (κ3) is 2.65. The number of rotatable bonds is 4. The summed E-state index contributed by atoms with van der Waals surface area (Å²) in [4.78, 5) is 14.4. The highest BCUT2D eigenvalue weighted by Crippen LogP contribution is 2.54. The molecule has 0 bridgehead atoms. The topological polar surface area (TPSA) is 49.8 Å². The molecule has 0 unspecified atom stereocenters. The molecule has 0 heterocycles. The average Bonchev–Trinajstić information content (AvgIpc) is 2.52. The summed E-state index contributed by atoms with van der Waals surface area (Å²) in [6, 6.07) is 3.78. The molecule has 3 rings (SSSR count). The zero-order valence-electron chi connectivity index (χ0n) is 14.1. The Hall–Kier alpha value is -1.81. The van der Waals surface area contributed by atoms with Crippen LogP contribution < -0.4 is 4.74 Å². The van der Waals surface area contributed by atoms with E-state index in [0.717, 1.165) is 30.5 Å². The van der Waals surface area contributed by atoms with Crippen LogP contribution in [0.3, 0.4) is 0 Å². The van der Waals surface area contributed by atoms with Crippen molar-refractivity contribution in [3.8, 4) is 11.5 Å². The maximum atomic E-state index is 12.3. The summed E-state index contributed by atoms with van der Waals surface area (Å²) in [7, 11) is 5.65. The lowest BCUT2D eigenvalue weighted by Crippen LogP contribution is -2.44. The minimum absolute atomic E-state index is 0.202. The van der Waals surface area contributed by atoms with Crippen molar-refractivity contribution in [3.05, 3.63) is 29.3 Å². The lowest BCUT2D eigenvalue weighted by Gasteiger charge is -2.46. The monoisotopic (exact) mass is 315 g/mol. The van der Waals surface area contributed by atoms with Crippen LogP contribution in [0.5, 0.6) is 11.5 Å². The number of allylic oxidation sites excluding steroid dienone is 1. The van der Waals surface area contributed by atoms with E-state index in [2.05, 4.69) is 17.1 Å². The Labute approximate surface area is 137 Å². The van der Waals surface area contributed by atoms with Crippen LogP contribution in [0.15, 0.2) is 18.2 Å². The standard InChI is InChI=1S/C19H25NO3/c1-20(2)11-10-19-12-15(21)8-7-14(19)6-4-13-5-9-16(23-3)18(22)17(13)19/h4-6,9,14,22H,7-8,10-12H2,1-3H3/t14-,19+/m0/s1.